The lowest BCUT2D eigenvalue weighted by atomic mass is 9.78. The Morgan fingerprint density at radius 3 is 2.68 bits per heavy atom. The van der Waals surface area contributed by atoms with Crippen molar-refractivity contribution in [3.63, 3.8) is 0 Å². The van der Waals surface area contributed by atoms with Crippen LogP contribution in [0.4, 0.5) is 0 Å². The van der Waals surface area contributed by atoms with Crippen molar-refractivity contribution in [2.24, 2.45) is 5.41 Å². The molecule has 1 aliphatic carbocycles. The average Bonchev–Trinajstić information content (AvgIpc) is 2.97. The standard InChI is InChI=1S/C22H35NO2/c1-17-9-8-10-18(13-17)14-21(2,3)22(4)24-16-20(25-22)15-23-19-11-6-5-7-12-19/h8-10,13,19-20,23H,5-7,11-12,14-16H2,1-4H3. The van der Waals surface area contributed by atoms with Crippen LogP contribution in [-0.2, 0) is 15.9 Å². The number of benzene rings is 1. The Hall–Kier alpha value is -0.900. The summed E-state index contributed by atoms with van der Waals surface area (Å²) in [6.07, 6.45) is 7.85. The van der Waals surface area contributed by atoms with Gasteiger partial charge in [-0.3, -0.25) is 0 Å². The summed E-state index contributed by atoms with van der Waals surface area (Å²) >= 11 is 0. The number of ether oxygens (including phenoxy) is 2. The van der Waals surface area contributed by atoms with Gasteiger partial charge in [0, 0.05) is 18.0 Å². The van der Waals surface area contributed by atoms with Crippen molar-refractivity contribution < 1.29 is 9.47 Å². The van der Waals surface area contributed by atoms with E-state index in [9.17, 15) is 0 Å². The van der Waals surface area contributed by atoms with Crippen LogP contribution < -0.4 is 5.32 Å². The Kier molecular flexibility index (Phi) is 5.87. The molecule has 1 aromatic rings. The number of aryl methyl sites for hydroxylation is 1. The van der Waals surface area contributed by atoms with E-state index < -0.39 is 5.79 Å². The zero-order valence-corrected chi connectivity index (χ0v) is 16.4. The fourth-order valence-corrected chi connectivity index (χ4v) is 4.19. The molecule has 0 spiro atoms. The molecule has 140 valence electrons. The molecule has 2 atom stereocenters. The maximum absolute atomic E-state index is 6.42. The molecule has 3 rings (SSSR count). The van der Waals surface area contributed by atoms with Crippen molar-refractivity contribution in [3.05, 3.63) is 35.4 Å². The van der Waals surface area contributed by atoms with Gasteiger partial charge in [-0.05, 0) is 38.7 Å². The molecule has 2 unspecified atom stereocenters. The Morgan fingerprint density at radius 1 is 1.20 bits per heavy atom. The van der Waals surface area contributed by atoms with Crippen molar-refractivity contribution >= 4 is 0 Å². The van der Waals surface area contributed by atoms with Gasteiger partial charge in [-0.25, -0.2) is 0 Å². The predicted octanol–water partition coefficient (Wildman–Crippen LogP) is 4.62. The van der Waals surface area contributed by atoms with E-state index in [1.54, 1.807) is 0 Å². The van der Waals surface area contributed by atoms with E-state index >= 15 is 0 Å². The number of nitrogens with one attached hydrogen (secondary N) is 1. The molecule has 1 aromatic carbocycles. The van der Waals surface area contributed by atoms with E-state index in [4.69, 9.17) is 9.47 Å². The Balaban J connectivity index is 1.55. The quantitative estimate of drug-likeness (QED) is 0.816. The molecular formula is C22H35NO2. The normalized spacial score (nSPS) is 28.4. The summed E-state index contributed by atoms with van der Waals surface area (Å²) in [5.41, 5.74) is 2.57. The number of rotatable bonds is 6. The average molecular weight is 346 g/mol. The summed E-state index contributed by atoms with van der Waals surface area (Å²) in [5.74, 6) is -0.532. The van der Waals surface area contributed by atoms with E-state index in [0.717, 1.165) is 13.0 Å². The van der Waals surface area contributed by atoms with Crippen molar-refractivity contribution in [1.29, 1.82) is 0 Å². The molecular weight excluding hydrogens is 310 g/mol. The van der Waals surface area contributed by atoms with E-state index in [0.29, 0.717) is 12.6 Å². The highest BCUT2D eigenvalue weighted by Gasteiger charge is 2.49. The molecule has 0 aromatic heterocycles. The number of hydrogen-bond donors (Lipinski definition) is 1. The van der Waals surface area contributed by atoms with Crippen molar-refractivity contribution in [2.75, 3.05) is 13.2 Å². The van der Waals surface area contributed by atoms with Gasteiger partial charge in [-0.15, -0.1) is 0 Å². The Labute approximate surface area is 153 Å². The molecule has 1 saturated heterocycles. The zero-order chi connectivity index (χ0) is 17.9. The topological polar surface area (TPSA) is 30.5 Å². The zero-order valence-electron chi connectivity index (χ0n) is 16.4. The van der Waals surface area contributed by atoms with E-state index in [2.05, 4.69) is 57.3 Å². The van der Waals surface area contributed by atoms with E-state index in [-0.39, 0.29) is 11.5 Å². The van der Waals surface area contributed by atoms with E-state index in [1.165, 1.54) is 43.2 Å². The van der Waals surface area contributed by atoms with Gasteiger partial charge in [0.25, 0.3) is 0 Å². The first kappa shape index (κ1) is 18.9. The maximum Gasteiger partial charge on any atom is 0.171 e. The molecule has 3 nitrogen and oxygen atoms in total. The van der Waals surface area contributed by atoms with Crippen LogP contribution in [0.3, 0.4) is 0 Å². The number of hydrogen-bond acceptors (Lipinski definition) is 3. The van der Waals surface area contributed by atoms with Gasteiger partial charge in [0.1, 0.15) is 0 Å². The summed E-state index contributed by atoms with van der Waals surface area (Å²) in [5, 5.41) is 3.70. The third-order valence-corrected chi connectivity index (χ3v) is 6.13. The van der Waals surface area contributed by atoms with E-state index in [1.807, 2.05) is 0 Å². The largest absolute Gasteiger partial charge is 0.347 e. The molecule has 0 bridgehead atoms. The summed E-state index contributed by atoms with van der Waals surface area (Å²) in [4.78, 5) is 0. The molecule has 0 radical (unpaired) electrons. The van der Waals surface area contributed by atoms with Gasteiger partial charge >= 0.3 is 0 Å². The van der Waals surface area contributed by atoms with Crippen LogP contribution in [0.1, 0.15) is 64.0 Å². The highest BCUT2D eigenvalue weighted by Crippen LogP contribution is 2.42. The summed E-state index contributed by atoms with van der Waals surface area (Å²) in [6.45, 7) is 10.4. The van der Waals surface area contributed by atoms with Gasteiger partial charge in [0.2, 0.25) is 0 Å². The molecule has 1 heterocycles. The SMILES string of the molecule is Cc1cccc(CC(C)(C)C2(C)OCC(CNC3CCCCC3)O2)c1. The third-order valence-electron chi connectivity index (χ3n) is 6.13. The predicted molar refractivity (Wildman–Crippen MR) is 103 cm³/mol. The highest BCUT2D eigenvalue weighted by atomic mass is 16.7. The summed E-state index contributed by atoms with van der Waals surface area (Å²) < 4.78 is 12.6. The second-order valence-corrected chi connectivity index (χ2v) is 8.79. The van der Waals surface area contributed by atoms with Crippen molar-refractivity contribution in [2.45, 2.75) is 84.2 Å². The second-order valence-electron chi connectivity index (χ2n) is 8.79. The van der Waals surface area contributed by atoms with Crippen LogP contribution in [0.2, 0.25) is 0 Å². The minimum atomic E-state index is -0.532. The monoisotopic (exact) mass is 345 g/mol. The van der Waals surface area contributed by atoms with Crippen LogP contribution in [0.5, 0.6) is 0 Å². The molecule has 2 aliphatic rings. The summed E-state index contributed by atoms with van der Waals surface area (Å²) in [7, 11) is 0. The maximum atomic E-state index is 6.42. The smallest absolute Gasteiger partial charge is 0.171 e. The molecule has 25 heavy (non-hydrogen) atoms. The highest BCUT2D eigenvalue weighted by molar-refractivity contribution is 5.23. The van der Waals surface area contributed by atoms with Gasteiger partial charge in [0.05, 0.1) is 12.7 Å². The molecule has 2 fully saturated rings. The Morgan fingerprint density at radius 2 is 1.96 bits per heavy atom. The lowest BCUT2D eigenvalue weighted by Crippen LogP contribution is -2.46. The van der Waals surface area contributed by atoms with Crippen LogP contribution in [0.25, 0.3) is 0 Å². The van der Waals surface area contributed by atoms with Crippen molar-refractivity contribution in [1.82, 2.24) is 5.32 Å². The van der Waals surface area contributed by atoms with Crippen LogP contribution in [0, 0.1) is 12.3 Å². The first-order chi connectivity index (χ1) is 11.9. The van der Waals surface area contributed by atoms with Gasteiger partial charge < -0.3 is 14.8 Å². The van der Waals surface area contributed by atoms with Gasteiger partial charge in [0.15, 0.2) is 5.79 Å². The van der Waals surface area contributed by atoms with Crippen LogP contribution in [-0.4, -0.2) is 31.1 Å². The first-order valence-electron chi connectivity index (χ1n) is 9.99. The fraction of sp³-hybridized carbons (Fsp3) is 0.727. The third kappa shape index (κ3) is 4.64. The van der Waals surface area contributed by atoms with Gasteiger partial charge in [-0.2, -0.15) is 0 Å². The minimum absolute atomic E-state index is 0.0830. The second kappa shape index (κ2) is 7.77. The molecule has 1 saturated carbocycles. The van der Waals surface area contributed by atoms with Crippen molar-refractivity contribution in [3.8, 4) is 0 Å². The lowest BCUT2D eigenvalue weighted by molar-refractivity contribution is -0.222. The molecule has 0 amide bonds. The van der Waals surface area contributed by atoms with Gasteiger partial charge in [-0.1, -0.05) is 62.9 Å². The van der Waals surface area contributed by atoms with Crippen LogP contribution >= 0.6 is 0 Å². The summed E-state index contributed by atoms with van der Waals surface area (Å²) in [6, 6.07) is 9.42. The minimum Gasteiger partial charge on any atom is -0.347 e. The fourth-order valence-electron chi connectivity index (χ4n) is 4.19. The molecule has 3 heteroatoms. The van der Waals surface area contributed by atoms with Crippen LogP contribution in [0.15, 0.2) is 24.3 Å². The lowest BCUT2D eigenvalue weighted by Gasteiger charge is -2.40. The molecule has 1 aliphatic heterocycles. The first-order valence-corrected chi connectivity index (χ1v) is 9.99. The Bertz CT molecular complexity index is 565. The molecule has 1 N–H and O–H groups in total.